The highest BCUT2D eigenvalue weighted by molar-refractivity contribution is 6.54. The zero-order chi connectivity index (χ0) is 19.5. The number of halogens is 1. The molecule has 1 saturated heterocycles. The third-order valence-corrected chi connectivity index (χ3v) is 5.55. The number of piperidine rings is 1. The van der Waals surface area contributed by atoms with E-state index in [-0.39, 0.29) is 12.0 Å². The molecule has 0 bridgehead atoms. The zero-order valence-corrected chi connectivity index (χ0v) is 16.6. The maximum absolute atomic E-state index is 12.3. The fourth-order valence-corrected chi connectivity index (χ4v) is 3.85. The molecular formula is C20H22BClN4O2. The van der Waals surface area contributed by atoms with Gasteiger partial charge in [-0.25, -0.2) is 14.3 Å². The van der Waals surface area contributed by atoms with Crippen molar-refractivity contribution >= 4 is 36.1 Å². The maximum Gasteiger partial charge on any atom is 0.410 e. The van der Waals surface area contributed by atoms with Crippen LogP contribution in [0, 0.1) is 0 Å². The van der Waals surface area contributed by atoms with E-state index in [2.05, 4.69) is 11.9 Å². The van der Waals surface area contributed by atoms with Gasteiger partial charge in [-0.05, 0) is 29.9 Å². The Labute approximate surface area is 169 Å². The molecule has 0 atom stereocenters. The summed E-state index contributed by atoms with van der Waals surface area (Å²) in [6.07, 6.45) is 3.25. The minimum atomic E-state index is -0.257. The number of hydrogen-bond donors (Lipinski definition) is 0. The second-order valence-corrected chi connectivity index (χ2v) is 7.45. The van der Waals surface area contributed by atoms with Crippen molar-refractivity contribution < 1.29 is 9.53 Å². The van der Waals surface area contributed by atoms with Gasteiger partial charge in [0.15, 0.2) is 12.9 Å². The van der Waals surface area contributed by atoms with Crippen LogP contribution in [0.5, 0.6) is 0 Å². The topological polar surface area (TPSA) is 59.7 Å². The number of rotatable bonds is 4. The van der Waals surface area contributed by atoms with Gasteiger partial charge in [0.1, 0.15) is 11.8 Å². The van der Waals surface area contributed by atoms with Gasteiger partial charge >= 0.3 is 6.09 Å². The summed E-state index contributed by atoms with van der Waals surface area (Å²) >= 11 is 6.41. The number of fused-ring (bicyclic) bond motifs is 1. The van der Waals surface area contributed by atoms with Crippen molar-refractivity contribution in [2.75, 3.05) is 13.1 Å². The molecule has 0 N–H and O–H groups in total. The van der Waals surface area contributed by atoms with Crippen LogP contribution in [0.4, 0.5) is 4.79 Å². The molecular weight excluding hydrogens is 375 g/mol. The monoisotopic (exact) mass is 396 g/mol. The number of carbonyl (C=O) groups is 1. The van der Waals surface area contributed by atoms with Gasteiger partial charge in [-0.3, -0.25) is 0 Å². The Morgan fingerprint density at radius 1 is 1.29 bits per heavy atom. The van der Waals surface area contributed by atoms with Crippen molar-refractivity contribution in [3.8, 4) is 0 Å². The summed E-state index contributed by atoms with van der Waals surface area (Å²) in [7, 11) is 0.863. The summed E-state index contributed by atoms with van der Waals surface area (Å²) in [5.41, 5.74) is 3.88. The summed E-state index contributed by atoms with van der Waals surface area (Å²) in [5.74, 6) is 0.278. The molecule has 8 heteroatoms. The second kappa shape index (κ2) is 8.23. The lowest BCUT2D eigenvalue weighted by Crippen LogP contribution is -2.38. The molecule has 1 fully saturated rings. The van der Waals surface area contributed by atoms with Gasteiger partial charge in [0.05, 0.1) is 0 Å². The number of hydrogen-bond acceptors (Lipinski definition) is 4. The van der Waals surface area contributed by atoms with Crippen molar-refractivity contribution in [1.82, 2.24) is 19.5 Å². The third kappa shape index (κ3) is 3.85. The molecule has 3 heterocycles. The lowest BCUT2D eigenvalue weighted by Gasteiger charge is -2.31. The highest BCUT2D eigenvalue weighted by atomic mass is 35.5. The molecule has 1 aromatic carbocycles. The minimum absolute atomic E-state index is 0.257. The van der Waals surface area contributed by atoms with Gasteiger partial charge < -0.3 is 9.64 Å². The number of carbonyl (C=O) groups excluding carboxylic acids is 1. The van der Waals surface area contributed by atoms with Gasteiger partial charge in [0, 0.05) is 30.9 Å². The summed E-state index contributed by atoms with van der Waals surface area (Å²) in [4.78, 5) is 18.9. The molecule has 3 aromatic rings. The smallest absolute Gasteiger partial charge is 0.410 e. The Kier molecular flexibility index (Phi) is 5.53. The molecule has 0 radical (unpaired) electrons. The second-order valence-electron chi connectivity index (χ2n) is 7.06. The zero-order valence-electron chi connectivity index (χ0n) is 15.8. The van der Waals surface area contributed by atoms with Crippen molar-refractivity contribution in [3.63, 3.8) is 0 Å². The van der Waals surface area contributed by atoms with Crippen LogP contribution in [0.2, 0.25) is 12.0 Å². The van der Waals surface area contributed by atoms with E-state index in [1.54, 1.807) is 9.42 Å². The number of benzene rings is 1. The first-order valence-electron chi connectivity index (χ1n) is 9.64. The van der Waals surface area contributed by atoms with Crippen LogP contribution >= 0.6 is 11.6 Å². The molecule has 28 heavy (non-hydrogen) atoms. The highest BCUT2D eigenvalue weighted by Crippen LogP contribution is 2.29. The van der Waals surface area contributed by atoms with Crippen LogP contribution in [0.15, 0.2) is 42.6 Å². The molecule has 0 saturated carbocycles. The molecule has 0 unspecified atom stereocenters. The Bertz CT molecular complexity index is 971. The first-order valence-corrected chi connectivity index (χ1v) is 10.0. The summed E-state index contributed by atoms with van der Waals surface area (Å²) in [6.45, 7) is 3.69. The first-order chi connectivity index (χ1) is 13.7. The van der Waals surface area contributed by atoms with Crippen molar-refractivity contribution in [2.24, 2.45) is 0 Å². The van der Waals surface area contributed by atoms with E-state index in [9.17, 15) is 4.79 Å². The average molecular weight is 397 g/mol. The van der Waals surface area contributed by atoms with E-state index in [1.807, 2.05) is 42.6 Å². The van der Waals surface area contributed by atoms with Gasteiger partial charge in [0.2, 0.25) is 0 Å². The van der Waals surface area contributed by atoms with Gasteiger partial charge in [0.25, 0.3) is 0 Å². The van der Waals surface area contributed by atoms with Crippen molar-refractivity contribution in [2.45, 2.75) is 32.2 Å². The molecule has 0 aliphatic carbocycles. The summed E-state index contributed by atoms with van der Waals surface area (Å²) < 4.78 is 7.12. The molecule has 1 aliphatic heterocycles. The number of likely N-dealkylation sites (tertiary alicyclic amines) is 1. The van der Waals surface area contributed by atoms with Crippen molar-refractivity contribution in [3.05, 3.63) is 59.0 Å². The van der Waals surface area contributed by atoms with Crippen LogP contribution in [0.25, 0.3) is 5.65 Å². The normalized spacial score (nSPS) is 15.0. The number of ether oxygens (including phenoxy) is 1. The Hall–Kier alpha value is -2.54. The Balaban J connectivity index is 1.38. The maximum atomic E-state index is 12.3. The molecule has 4 rings (SSSR count). The predicted octanol–water partition coefficient (Wildman–Crippen LogP) is 3.01. The largest absolute Gasteiger partial charge is 0.445 e. The van der Waals surface area contributed by atoms with E-state index in [0.29, 0.717) is 24.8 Å². The Morgan fingerprint density at radius 3 is 2.75 bits per heavy atom. The van der Waals surface area contributed by atoms with Crippen molar-refractivity contribution in [1.29, 1.82) is 0 Å². The molecule has 144 valence electrons. The molecule has 0 spiro atoms. The van der Waals surface area contributed by atoms with Crippen LogP contribution in [-0.4, -0.2) is 46.0 Å². The average Bonchev–Trinajstić information content (AvgIpc) is 3.16. The molecule has 1 amide bonds. The lowest BCUT2D eigenvalue weighted by atomic mass is 9.75. The number of amides is 1. The molecule has 6 nitrogen and oxygen atoms in total. The molecule has 1 aliphatic rings. The van der Waals surface area contributed by atoms with E-state index >= 15 is 0 Å². The minimum Gasteiger partial charge on any atom is -0.445 e. The fourth-order valence-electron chi connectivity index (χ4n) is 3.62. The van der Waals surface area contributed by atoms with Gasteiger partial charge in [-0.1, -0.05) is 48.8 Å². The lowest BCUT2D eigenvalue weighted by molar-refractivity contribution is 0.0868. The number of aromatic nitrogens is 3. The van der Waals surface area contributed by atoms with E-state index in [0.717, 1.165) is 42.5 Å². The number of nitrogens with zero attached hydrogens (tertiary/aromatic N) is 4. The SMILES string of the molecule is CBc1cnn2c(Cl)cc(C3CCN(C(=O)OCc4ccccc4)CC3)nc12. The van der Waals surface area contributed by atoms with Gasteiger partial charge in [-0.2, -0.15) is 5.10 Å². The van der Waals surface area contributed by atoms with E-state index in [1.165, 1.54) is 0 Å². The standard InChI is InChI=1S/C20H22BClN4O2/c1-21-16-12-23-26-18(22)11-17(24-19(16)26)15-7-9-25(10-8-15)20(27)28-13-14-5-3-2-4-6-14/h2-6,11-12,15,21H,7-10,13H2,1H3. The first kappa shape index (κ1) is 18.8. The highest BCUT2D eigenvalue weighted by Gasteiger charge is 2.26. The quantitative estimate of drug-likeness (QED) is 0.502. The predicted molar refractivity (Wildman–Crippen MR) is 111 cm³/mol. The summed E-state index contributed by atoms with van der Waals surface area (Å²) in [6, 6.07) is 11.6. The van der Waals surface area contributed by atoms with Crippen LogP contribution < -0.4 is 5.46 Å². The van der Waals surface area contributed by atoms with Crippen LogP contribution in [0.1, 0.15) is 30.0 Å². The third-order valence-electron chi connectivity index (χ3n) is 5.28. The Morgan fingerprint density at radius 2 is 2.04 bits per heavy atom. The summed E-state index contributed by atoms with van der Waals surface area (Å²) in [5, 5.41) is 4.88. The van der Waals surface area contributed by atoms with E-state index in [4.69, 9.17) is 21.3 Å². The van der Waals surface area contributed by atoms with Crippen LogP contribution in [-0.2, 0) is 11.3 Å². The van der Waals surface area contributed by atoms with Crippen LogP contribution in [0.3, 0.4) is 0 Å². The van der Waals surface area contributed by atoms with E-state index < -0.39 is 0 Å². The molecule has 2 aromatic heterocycles. The van der Waals surface area contributed by atoms with Gasteiger partial charge in [-0.15, -0.1) is 0 Å². The fraction of sp³-hybridized carbons (Fsp3) is 0.350.